The number of nitrogens with one attached hydrogen (secondary N) is 1. The quantitative estimate of drug-likeness (QED) is 0.489. The molecule has 3 aromatic heterocycles. The molecule has 2 aliphatic heterocycles. The number of hydrogen-bond donors (Lipinski definition) is 1. The molecule has 3 aromatic rings. The molecular formula is C22H25F3N8O2S. The molecule has 0 saturated carbocycles. The van der Waals surface area contributed by atoms with E-state index in [1.807, 2.05) is 0 Å². The van der Waals surface area contributed by atoms with Crippen molar-refractivity contribution in [2.24, 2.45) is 5.41 Å². The second-order valence-corrected chi connectivity index (χ2v) is 10.4. The third-order valence-electron chi connectivity index (χ3n) is 6.44. The SMILES string of the molecule is CN1CCC2(CC1)CN(c1cc(Nc3cc(OC(F)(F)F)ccn3)nc(-c3cnn([S+](C)[O-])c3)n1)C2. The lowest BCUT2D eigenvalue weighted by molar-refractivity contribution is -0.274. The molecule has 1 unspecified atom stereocenters. The van der Waals surface area contributed by atoms with Crippen LogP contribution >= 0.6 is 0 Å². The van der Waals surface area contributed by atoms with E-state index in [0.29, 0.717) is 23.0 Å². The molecule has 0 bridgehead atoms. The highest BCUT2D eigenvalue weighted by Crippen LogP contribution is 2.42. The number of ether oxygens (including phenoxy) is 1. The van der Waals surface area contributed by atoms with Crippen molar-refractivity contribution < 1.29 is 22.5 Å². The molecule has 1 N–H and O–H groups in total. The highest BCUT2D eigenvalue weighted by molar-refractivity contribution is 7.89. The summed E-state index contributed by atoms with van der Waals surface area (Å²) in [6.07, 6.45) is 3.26. The lowest BCUT2D eigenvalue weighted by Gasteiger charge is -2.54. The van der Waals surface area contributed by atoms with Gasteiger partial charge in [0, 0.05) is 36.8 Å². The third-order valence-corrected chi connectivity index (χ3v) is 7.17. The molecule has 5 rings (SSSR count). The monoisotopic (exact) mass is 522 g/mol. The van der Waals surface area contributed by atoms with Gasteiger partial charge in [-0.3, -0.25) is 0 Å². The molecule has 0 aromatic carbocycles. The molecule has 0 amide bonds. The fourth-order valence-electron chi connectivity index (χ4n) is 4.49. The second-order valence-electron chi connectivity index (χ2n) is 9.20. The highest BCUT2D eigenvalue weighted by atomic mass is 32.2. The maximum atomic E-state index is 12.6. The molecule has 2 aliphatic rings. The summed E-state index contributed by atoms with van der Waals surface area (Å²) in [7, 11) is 2.13. The fraction of sp³-hybridized carbons (Fsp3) is 0.455. The van der Waals surface area contributed by atoms with Crippen molar-refractivity contribution in [1.82, 2.24) is 29.0 Å². The molecule has 192 valence electrons. The number of aromatic nitrogens is 5. The van der Waals surface area contributed by atoms with Crippen molar-refractivity contribution in [3.8, 4) is 17.1 Å². The van der Waals surface area contributed by atoms with E-state index < -0.39 is 23.5 Å². The Labute approximate surface area is 208 Å². The van der Waals surface area contributed by atoms with Crippen molar-refractivity contribution in [2.75, 3.05) is 49.7 Å². The first-order valence-corrected chi connectivity index (χ1v) is 12.8. The van der Waals surface area contributed by atoms with Gasteiger partial charge in [-0.15, -0.1) is 18.3 Å². The number of likely N-dealkylation sites (tertiary alicyclic amines) is 1. The van der Waals surface area contributed by atoms with Gasteiger partial charge < -0.3 is 24.4 Å². The molecule has 0 radical (unpaired) electrons. The first-order valence-electron chi connectivity index (χ1n) is 11.3. The number of rotatable bonds is 6. The normalized spacial score (nSPS) is 18.7. The van der Waals surface area contributed by atoms with Crippen LogP contribution in [0.15, 0.2) is 36.8 Å². The Hall–Kier alpha value is -3.10. The van der Waals surface area contributed by atoms with Crippen LogP contribution in [0.1, 0.15) is 12.8 Å². The average Bonchev–Trinajstić information content (AvgIpc) is 3.28. The van der Waals surface area contributed by atoms with Gasteiger partial charge in [-0.25, -0.2) is 15.0 Å². The minimum atomic E-state index is -4.81. The van der Waals surface area contributed by atoms with Crippen LogP contribution in [-0.2, 0) is 11.4 Å². The lowest BCUT2D eigenvalue weighted by Crippen LogP contribution is -2.60. The van der Waals surface area contributed by atoms with Gasteiger partial charge in [-0.2, -0.15) is 0 Å². The number of nitrogens with zero attached hydrogens (tertiary/aromatic N) is 7. The molecule has 14 heteroatoms. The Kier molecular flexibility index (Phi) is 6.43. The first-order chi connectivity index (χ1) is 17.1. The maximum absolute atomic E-state index is 12.6. The lowest BCUT2D eigenvalue weighted by atomic mass is 9.72. The van der Waals surface area contributed by atoms with Gasteiger partial charge in [0.2, 0.25) is 0 Å². The summed E-state index contributed by atoms with van der Waals surface area (Å²) >= 11 is -1.34. The summed E-state index contributed by atoms with van der Waals surface area (Å²) in [5.74, 6) is 1.11. The Morgan fingerprint density at radius 3 is 2.56 bits per heavy atom. The Bertz CT molecular complexity index is 1220. The zero-order valence-electron chi connectivity index (χ0n) is 19.7. The van der Waals surface area contributed by atoms with E-state index >= 15 is 0 Å². The number of hydrogen-bond acceptors (Lipinski definition) is 9. The topological polar surface area (TPSA) is 107 Å². The third kappa shape index (κ3) is 5.50. The number of pyridine rings is 1. The average molecular weight is 523 g/mol. The number of anilines is 3. The molecule has 1 atom stereocenters. The van der Waals surface area contributed by atoms with Gasteiger partial charge in [-0.1, -0.05) is 4.09 Å². The van der Waals surface area contributed by atoms with Crippen LogP contribution in [0.5, 0.6) is 5.75 Å². The van der Waals surface area contributed by atoms with E-state index in [2.05, 4.69) is 42.0 Å². The predicted octanol–water partition coefficient (Wildman–Crippen LogP) is 3.05. The molecule has 2 saturated heterocycles. The van der Waals surface area contributed by atoms with Crippen LogP contribution in [0.25, 0.3) is 11.4 Å². The van der Waals surface area contributed by atoms with Gasteiger partial charge >= 0.3 is 6.36 Å². The summed E-state index contributed by atoms with van der Waals surface area (Å²) in [5, 5.41) is 7.06. The molecule has 0 aliphatic carbocycles. The van der Waals surface area contributed by atoms with Gasteiger partial charge in [-0.05, 0) is 39.0 Å². The second kappa shape index (κ2) is 9.41. The van der Waals surface area contributed by atoms with Gasteiger partial charge in [0.05, 0.1) is 29.3 Å². The Morgan fingerprint density at radius 1 is 1.14 bits per heavy atom. The molecular weight excluding hydrogens is 497 g/mol. The van der Waals surface area contributed by atoms with E-state index in [4.69, 9.17) is 4.98 Å². The van der Waals surface area contributed by atoms with Crippen molar-refractivity contribution in [3.63, 3.8) is 0 Å². The summed E-state index contributed by atoms with van der Waals surface area (Å²) in [6, 6.07) is 4.01. The van der Waals surface area contributed by atoms with E-state index in [1.165, 1.54) is 22.7 Å². The maximum Gasteiger partial charge on any atom is 0.573 e. The zero-order chi connectivity index (χ0) is 25.5. The Morgan fingerprint density at radius 2 is 1.89 bits per heavy atom. The number of alkyl halides is 3. The summed E-state index contributed by atoms with van der Waals surface area (Å²) in [4.78, 5) is 17.8. The van der Waals surface area contributed by atoms with Crippen LogP contribution in [0.4, 0.5) is 30.6 Å². The number of piperidine rings is 1. The van der Waals surface area contributed by atoms with E-state index in [-0.39, 0.29) is 11.2 Å². The van der Waals surface area contributed by atoms with Crippen molar-refractivity contribution in [1.29, 1.82) is 0 Å². The van der Waals surface area contributed by atoms with Crippen molar-refractivity contribution in [2.45, 2.75) is 19.2 Å². The zero-order valence-corrected chi connectivity index (χ0v) is 20.5. The highest BCUT2D eigenvalue weighted by Gasteiger charge is 2.45. The van der Waals surface area contributed by atoms with Crippen LogP contribution in [0.3, 0.4) is 0 Å². The van der Waals surface area contributed by atoms with Gasteiger partial charge in [0.15, 0.2) is 5.82 Å². The largest absolute Gasteiger partial charge is 0.592 e. The molecule has 5 heterocycles. The summed E-state index contributed by atoms with van der Waals surface area (Å²) in [6.45, 7) is 3.85. The molecule has 2 fully saturated rings. The van der Waals surface area contributed by atoms with Gasteiger partial charge in [0.25, 0.3) is 0 Å². The predicted molar refractivity (Wildman–Crippen MR) is 128 cm³/mol. The standard InChI is InChI=1S/C22H25F3N8O2S/c1-31-7-4-21(5-8-31)13-32(14-21)19-10-18(28-17-9-16(3-6-26-17)35-22(23,24)25)29-20(30-19)15-11-27-33(12-15)36(2)34/h3,6,9-12H,4-5,7-8,13-14H2,1-2H3,(H,26,28,29,30). The van der Waals surface area contributed by atoms with Crippen molar-refractivity contribution in [3.05, 3.63) is 36.8 Å². The van der Waals surface area contributed by atoms with E-state index in [1.54, 1.807) is 12.3 Å². The smallest absolute Gasteiger partial charge is 0.573 e. The van der Waals surface area contributed by atoms with Crippen LogP contribution in [-0.4, -0.2) is 79.4 Å². The van der Waals surface area contributed by atoms with Crippen molar-refractivity contribution >= 4 is 28.8 Å². The molecule has 36 heavy (non-hydrogen) atoms. The molecule has 1 spiro atoms. The van der Waals surface area contributed by atoms with Crippen LogP contribution in [0, 0.1) is 5.41 Å². The van der Waals surface area contributed by atoms with E-state index in [0.717, 1.165) is 51.2 Å². The van der Waals surface area contributed by atoms with E-state index in [9.17, 15) is 17.7 Å². The first kappa shape index (κ1) is 24.6. The molecule has 10 nitrogen and oxygen atoms in total. The minimum absolute atomic E-state index is 0.133. The van der Waals surface area contributed by atoms with Crippen LogP contribution in [0.2, 0.25) is 0 Å². The number of halogens is 3. The summed E-state index contributed by atoms with van der Waals surface area (Å²) in [5.41, 5.74) is 0.826. The fourth-order valence-corrected chi connectivity index (χ4v) is 4.93. The summed E-state index contributed by atoms with van der Waals surface area (Å²) < 4.78 is 55.0. The van der Waals surface area contributed by atoms with Crippen LogP contribution < -0.4 is 15.0 Å². The van der Waals surface area contributed by atoms with Gasteiger partial charge in [0.1, 0.15) is 29.5 Å². The minimum Gasteiger partial charge on any atom is -0.592 e. The Balaban J connectivity index is 1.42.